The Morgan fingerprint density at radius 1 is 1.50 bits per heavy atom. The first-order valence-corrected chi connectivity index (χ1v) is 3.86. The lowest BCUT2D eigenvalue weighted by molar-refractivity contribution is 1.38. The average Bonchev–Trinajstić information content (AvgIpc) is 1.95. The topological polar surface area (TPSA) is 23.8 Å². The summed E-state index contributed by atoms with van der Waals surface area (Å²) in [6.07, 6.45) is 0. The second-order valence-electron chi connectivity index (χ2n) is 1.78. The van der Waals surface area contributed by atoms with Crippen LogP contribution in [-0.2, 0) is 0 Å². The van der Waals surface area contributed by atoms with Crippen molar-refractivity contribution in [3.05, 3.63) is 28.2 Å². The van der Waals surface area contributed by atoms with Crippen molar-refractivity contribution in [2.45, 2.75) is 4.90 Å². The average molecular weight is 214 g/mol. The molecule has 0 amide bonds. The molecule has 0 aliphatic heterocycles. The highest BCUT2D eigenvalue weighted by Crippen LogP contribution is 2.20. The number of hydrogen-bond acceptors (Lipinski definition) is 2. The van der Waals surface area contributed by atoms with E-state index in [4.69, 9.17) is 5.26 Å². The van der Waals surface area contributed by atoms with E-state index < -0.39 is 0 Å². The zero-order valence-corrected chi connectivity index (χ0v) is 7.48. The first-order chi connectivity index (χ1) is 4.74. The van der Waals surface area contributed by atoms with Gasteiger partial charge in [-0.1, -0.05) is 0 Å². The molecule has 0 aliphatic rings. The lowest BCUT2D eigenvalue weighted by Crippen LogP contribution is -1.74. The van der Waals surface area contributed by atoms with Crippen molar-refractivity contribution in [2.75, 3.05) is 0 Å². The molecule has 0 aliphatic carbocycles. The zero-order chi connectivity index (χ0) is 7.56. The summed E-state index contributed by atoms with van der Waals surface area (Å²) >= 11 is 7.40. The number of rotatable bonds is 0. The van der Waals surface area contributed by atoms with Crippen molar-refractivity contribution < 1.29 is 0 Å². The maximum absolute atomic E-state index is 8.45. The minimum absolute atomic E-state index is 0.633. The third-order valence-corrected chi connectivity index (χ3v) is 2.44. The van der Waals surface area contributed by atoms with E-state index in [0.717, 1.165) is 9.37 Å². The quantitative estimate of drug-likeness (QED) is 0.659. The van der Waals surface area contributed by atoms with Crippen LogP contribution >= 0.6 is 28.6 Å². The Morgan fingerprint density at radius 3 is 2.70 bits per heavy atom. The number of nitrogens with zero attached hydrogens (tertiary/aromatic N) is 1. The van der Waals surface area contributed by atoms with Crippen molar-refractivity contribution >= 4 is 28.6 Å². The summed E-state index contributed by atoms with van der Waals surface area (Å²) in [5.41, 5.74) is 0.633. The fraction of sp³-hybridized carbons (Fsp3) is 0. The van der Waals surface area contributed by atoms with Gasteiger partial charge < -0.3 is 0 Å². The fourth-order valence-corrected chi connectivity index (χ4v) is 1.04. The lowest BCUT2D eigenvalue weighted by atomic mass is 10.2. The summed E-state index contributed by atoms with van der Waals surface area (Å²) in [5.74, 6) is 0. The SMILES string of the molecule is N#Cc1ccc(Br)c(S)c1. The Bertz CT molecular complexity index is 290. The van der Waals surface area contributed by atoms with Crippen LogP contribution < -0.4 is 0 Å². The molecule has 0 radical (unpaired) electrons. The highest BCUT2D eigenvalue weighted by Gasteiger charge is 1.94. The highest BCUT2D eigenvalue weighted by atomic mass is 79.9. The number of nitriles is 1. The molecule has 0 heterocycles. The Morgan fingerprint density at radius 2 is 2.20 bits per heavy atom. The van der Waals surface area contributed by atoms with Crippen LogP contribution in [0.25, 0.3) is 0 Å². The molecule has 1 nitrogen and oxygen atoms in total. The summed E-state index contributed by atoms with van der Waals surface area (Å²) in [7, 11) is 0. The van der Waals surface area contributed by atoms with E-state index in [2.05, 4.69) is 28.6 Å². The zero-order valence-electron chi connectivity index (χ0n) is 5.00. The van der Waals surface area contributed by atoms with E-state index >= 15 is 0 Å². The van der Waals surface area contributed by atoms with Crippen LogP contribution in [0.5, 0.6) is 0 Å². The van der Waals surface area contributed by atoms with E-state index in [-0.39, 0.29) is 0 Å². The molecule has 0 fully saturated rings. The van der Waals surface area contributed by atoms with Crippen LogP contribution in [0.3, 0.4) is 0 Å². The van der Waals surface area contributed by atoms with Crippen molar-refractivity contribution in [3.63, 3.8) is 0 Å². The van der Waals surface area contributed by atoms with Crippen LogP contribution in [0.15, 0.2) is 27.6 Å². The van der Waals surface area contributed by atoms with Crippen molar-refractivity contribution in [2.24, 2.45) is 0 Å². The van der Waals surface area contributed by atoms with Crippen molar-refractivity contribution in [1.29, 1.82) is 5.26 Å². The van der Waals surface area contributed by atoms with Crippen LogP contribution in [0, 0.1) is 11.3 Å². The van der Waals surface area contributed by atoms with Crippen molar-refractivity contribution in [1.82, 2.24) is 0 Å². The molecule has 1 aromatic carbocycles. The van der Waals surface area contributed by atoms with Gasteiger partial charge in [0.2, 0.25) is 0 Å². The molecule has 0 N–H and O–H groups in total. The van der Waals surface area contributed by atoms with E-state index in [0.29, 0.717) is 5.56 Å². The number of benzene rings is 1. The van der Waals surface area contributed by atoms with Crippen LogP contribution in [-0.4, -0.2) is 0 Å². The van der Waals surface area contributed by atoms with Crippen LogP contribution in [0.4, 0.5) is 0 Å². The van der Waals surface area contributed by atoms with E-state index in [9.17, 15) is 0 Å². The predicted octanol–water partition coefficient (Wildman–Crippen LogP) is 2.61. The van der Waals surface area contributed by atoms with Gasteiger partial charge in [0.05, 0.1) is 11.6 Å². The summed E-state index contributed by atoms with van der Waals surface area (Å²) < 4.78 is 0.912. The number of thiol groups is 1. The van der Waals surface area contributed by atoms with Gasteiger partial charge >= 0.3 is 0 Å². The molecule has 1 rings (SSSR count). The monoisotopic (exact) mass is 213 g/mol. The summed E-state index contributed by atoms with van der Waals surface area (Å²) in [6.45, 7) is 0. The van der Waals surface area contributed by atoms with Gasteiger partial charge in [-0.3, -0.25) is 0 Å². The van der Waals surface area contributed by atoms with E-state index in [1.165, 1.54) is 0 Å². The molecule has 50 valence electrons. The van der Waals surface area contributed by atoms with Gasteiger partial charge in [0, 0.05) is 9.37 Å². The Hall–Kier alpha value is -0.460. The molecule has 0 atom stereocenters. The smallest absolute Gasteiger partial charge is 0.0992 e. The van der Waals surface area contributed by atoms with Crippen LogP contribution in [0.2, 0.25) is 0 Å². The first kappa shape index (κ1) is 7.64. The van der Waals surface area contributed by atoms with Gasteiger partial charge in [0.25, 0.3) is 0 Å². The molecule has 0 aromatic heterocycles. The van der Waals surface area contributed by atoms with Crippen LogP contribution in [0.1, 0.15) is 5.56 Å². The summed E-state index contributed by atoms with van der Waals surface area (Å²) in [5, 5.41) is 8.45. The molecular formula is C7H4BrNS. The van der Waals surface area contributed by atoms with Crippen molar-refractivity contribution in [3.8, 4) is 6.07 Å². The molecule has 0 saturated carbocycles. The molecule has 10 heavy (non-hydrogen) atoms. The van der Waals surface area contributed by atoms with Gasteiger partial charge in [0.15, 0.2) is 0 Å². The lowest BCUT2D eigenvalue weighted by Gasteiger charge is -1.94. The normalized spacial score (nSPS) is 8.90. The van der Waals surface area contributed by atoms with E-state index in [1.54, 1.807) is 18.2 Å². The summed E-state index contributed by atoms with van der Waals surface area (Å²) in [6, 6.07) is 7.29. The number of hydrogen-bond donors (Lipinski definition) is 1. The Balaban J connectivity index is 3.20. The van der Waals surface area contributed by atoms with Gasteiger partial charge in [-0.25, -0.2) is 0 Å². The van der Waals surface area contributed by atoms with E-state index in [1.807, 2.05) is 6.07 Å². The fourth-order valence-electron chi connectivity index (χ4n) is 0.582. The van der Waals surface area contributed by atoms with Gasteiger partial charge in [0.1, 0.15) is 0 Å². The summed E-state index contributed by atoms with van der Waals surface area (Å²) in [4.78, 5) is 0.791. The minimum atomic E-state index is 0.633. The molecular weight excluding hydrogens is 210 g/mol. The van der Waals surface area contributed by atoms with Gasteiger partial charge in [-0.05, 0) is 34.1 Å². The highest BCUT2D eigenvalue weighted by molar-refractivity contribution is 9.10. The van der Waals surface area contributed by atoms with Gasteiger partial charge in [-0.15, -0.1) is 12.6 Å². The minimum Gasteiger partial charge on any atom is -0.192 e. The standard InChI is InChI=1S/C7H4BrNS/c8-6-2-1-5(4-9)3-7(6)10/h1-3,10H. The molecule has 1 aromatic rings. The predicted molar refractivity (Wildman–Crippen MR) is 46.1 cm³/mol. The second kappa shape index (κ2) is 3.09. The largest absolute Gasteiger partial charge is 0.192 e. The third kappa shape index (κ3) is 1.53. The molecule has 0 unspecified atom stereocenters. The number of halogens is 1. The maximum atomic E-state index is 8.45. The second-order valence-corrected chi connectivity index (χ2v) is 3.11. The third-order valence-electron chi connectivity index (χ3n) is 1.08. The maximum Gasteiger partial charge on any atom is 0.0992 e. The molecule has 3 heteroatoms. The molecule has 0 spiro atoms. The molecule has 0 saturated heterocycles. The Labute approximate surface area is 73.2 Å². The first-order valence-electron chi connectivity index (χ1n) is 2.62. The molecule has 0 bridgehead atoms. The Kier molecular flexibility index (Phi) is 2.36. The van der Waals surface area contributed by atoms with Gasteiger partial charge in [-0.2, -0.15) is 5.26 Å².